The zero-order chi connectivity index (χ0) is 19.0. The van der Waals surface area contributed by atoms with Crippen molar-refractivity contribution in [2.75, 3.05) is 13.1 Å². The molecule has 2 aromatic rings. The van der Waals surface area contributed by atoms with Gasteiger partial charge in [0.25, 0.3) is 5.91 Å². The van der Waals surface area contributed by atoms with Crippen LogP contribution in [-0.2, 0) is 11.2 Å². The third-order valence-corrected chi connectivity index (χ3v) is 6.49. The monoisotopic (exact) mass is 384 g/mol. The fourth-order valence-electron chi connectivity index (χ4n) is 3.99. The van der Waals surface area contributed by atoms with Gasteiger partial charge >= 0.3 is 0 Å². The normalized spacial score (nSPS) is 23.4. The second-order valence-corrected chi connectivity index (χ2v) is 8.22. The molecule has 2 aliphatic heterocycles. The molecular formula is C20H24N4O2S. The van der Waals surface area contributed by atoms with Crippen molar-refractivity contribution in [2.45, 2.75) is 44.3 Å². The molecule has 2 fully saturated rings. The average Bonchev–Trinajstić information content (AvgIpc) is 3.34. The molecule has 0 bridgehead atoms. The summed E-state index contributed by atoms with van der Waals surface area (Å²) in [6.07, 6.45) is 2.66. The molecule has 0 radical (unpaired) electrons. The lowest BCUT2D eigenvalue weighted by Gasteiger charge is -2.41. The summed E-state index contributed by atoms with van der Waals surface area (Å²) in [5, 5.41) is 2.52. The third-order valence-electron chi connectivity index (χ3n) is 5.51. The van der Waals surface area contributed by atoms with Crippen molar-refractivity contribution in [1.29, 1.82) is 0 Å². The summed E-state index contributed by atoms with van der Waals surface area (Å²) in [5.41, 5.74) is 7.84. The molecule has 0 spiro atoms. The van der Waals surface area contributed by atoms with E-state index in [0.717, 1.165) is 30.0 Å². The standard InChI is InChI=1S/C20H24N4O2S/c1-13-19(25)23-9-5-8-15(23)11-24(13)20(26)17-12-27-18(22-17)16(21)10-14-6-3-2-4-7-14/h2-4,6-7,12-13,15-16H,5,8-11,21H2,1H3/t13-,15+,16+/m1/s1. The molecule has 2 saturated heterocycles. The number of rotatable bonds is 4. The largest absolute Gasteiger partial charge is 0.336 e. The van der Waals surface area contributed by atoms with E-state index in [1.54, 1.807) is 10.3 Å². The summed E-state index contributed by atoms with van der Waals surface area (Å²) in [4.78, 5) is 33.7. The van der Waals surface area contributed by atoms with Crippen LogP contribution in [0.4, 0.5) is 0 Å². The van der Waals surface area contributed by atoms with Gasteiger partial charge in [0, 0.05) is 24.5 Å². The quantitative estimate of drug-likeness (QED) is 0.877. The molecule has 2 N–H and O–H groups in total. The number of piperazine rings is 1. The zero-order valence-corrected chi connectivity index (χ0v) is 16.2. The molecule has 27 heavy (non-hydrogen) atoms. The molecule has 7 heteroatoms. The molecule has 0 aliphatic carbocycles. The number of carbonyl (C=O) groups excluding carboxylic acids is 2. The molecule has 3 atom stereocenters. The lowest BCUT2D eigenvalue weighted by Crippen LogP contribution is -2.60. The smallest absolute Gasteiger partial charge is 0.274 e. The zero-order valence-electron chi connectivity index (χ0n) is 15.4. The van der Waals surface area contributed by atoms with Crippen LogP contribution in [0.3, 0.4) is 0 Å². The molecule has 1 aromatic heterocycles. The number of nitrogens with two attached hydrogens (primary N) is 1. The lowest BCUT2D eigenvalue weighted by atomic mass is 10.1. The second kappa shape index (κ2) is 7.40. The van der Waals surface area contributed by atoms with E-state index in [-0.39, 0.29) is 23.9 Å². The highest BCUT2D eigenvalue weighted by Crippen LogP contribution is 2.28. The Morgan fingerprint density at radius 2 is 2.15 bits per heavy atom. The van der Waals surface area contributed by atoms with Gasteiger partial charge in [0.05, 0.1) is 6.04 Å². The van der Waals surface area contributed by atoms with Gasteiger partial charge in [0.2, 0.25) is 5.91 Å². The predicted molar refractivity (Wildman–Crippen MR) is 104 cm³/mol. The van der Waals surface area contributed by atoms with Gasteiger partial charge in [0.15, 0.2) is 0 Å². The van der Waals surface area contributed by atoms with E-state index in [9.17, 15) is 9.59 Å². The Morgan fingerprint density at radius 3 is 2.93 bits per heavy atom. The Hall–Kier alpha value is -2.25. The molecule has 2 amide bonds. The SMILES string of the molecule is C[C@@H]1C(=O)N2CCC[C@H]2CN1C(=O)c1csc([C@@H](N)Cc2ccccc2)n1. The molecule has 3 heterocycles. The maximum Gasteiger partial charge on any atom is 0.274 e. The van der Waals surface area contributed by atoms with Gasteiger partial charge in [-0.25, -0.2) is 4.98 Å². The van der Waals surface area contributed by atoms with E-state index < -0.39 is 6.04 Å². The van der Waals surface area contributed by atoms with E-state index in [0.29, 0.717) is 18.7 Å². The van der Waals surface area contributed by atoms with Crippen molar-refractivity contribution >= 4 is 23.2 Å². The van der Waals surface area contributed by atoms with Gasteiger partial charge < -0.3 is 15.5 Å². The average molecular weight is 385 g/mol. The molecular weight excluding hydrogens is 360 g/mol. The minimum absolute atomic E-state index is 0.0494. The van der Waals surface area contributed by atoms with Crippen LogP contribution in [-0.4, -0.2) is 51.8 Å². The minimum Gasteiger partial charge on any atom is -0.336 e. The summed E-state index contributed by atoms with van der Waals surface area (Å²) in [6, 6.07) is 9.49. The number of nitrogens with zero attached hydrogens (tertiary/aromatic N) is 3. The molecule has 4 rings (SSSR count). The number of hydrogen-bond acceptors (Lipinski definition) is 5. The van der Waals surface area contributed by atoms with Crippen LogP contribution >= 0.6 is 11.3 Å². The Morgan fingerprint density at radius 1 is 1.37 bits per heavy atom. The highest BCUT2D eigenvalue weighted by atomic mass is 32.1. The van der Waals surface area contributed by atoms with Crippen LogP contribution in [0.5, 0.6) is 0 Å². The summed E-state index contributed by atoms with van der Waals surface area (Å²) in [5.74, 6) is -0.120. The Labute approximate surface area is 163 Å². The number of thiazole rings is 1. The Kier molecular flexibility index (Phi) is 4.97. The number of aromatic nitrogens is 1. The summed E-state index contributed by atoms with van der Waals surface area (Å²) in [7, 11) is 0. The first kappa shape index (κ1) is 18.1. The first-order chi connectivity index (χ1) is 13.0. The number of carbonyl (C=O) groups is 2. The van der Waals surface area contributed by atoms with Gasteiger partial charge in [-0.3, -0.25) is 9.59 Å². The van der Waals surface area contributed by atoms with Crippen LogP contribution in [0.1, 0.15) is 46.9 Å². The van der Waals surface area contributed by atoms with E-state index >= 15 is 0 Å². The van der Waals surface area contributed by atoms with Crippen molar-refractivity contribution in [3.8, 4) is 0 Å². The van der Waals surface area contributed by atoms with Crippen molar-refractivity contribution in [1.82, 2.24) is 14.8 Å². The molecule has 2 aliphatic rings. The van der Waals surface area contributed by atoms with Crippen molar-refractivity contribution in [2.24, 2.45) is 5.73 Å². The van der Waals surface area contributed by atoms with Crippen LogP contribution in [0.2, 0.25) is 0 Å². The van der Waals surface area contributed by atoms with Crippen LogP contribution < -0.4 is 5.73 Å². The summed E-state index contributed by atoms with van der Waals surface area (Å²) >= 11 is 1.41. The van der Waals surface area contributed by atoms with Gasteiger partial charge in [-0.1, -0.05) is 30.3 Å². The minimum atomic E-state index is -0.435. The molecule has 142 valence electrons. The third kappa shape index (κ3) is 3.49. The summed E-state index contributed by atoms with van der Waals surface area (Å²) < 4.78 is 0. The summed E-state index contributed by atoms with van der Waals surface area (Å²) in [6.45, 7) is 3.21. The topological polar surface area (TPSA) is 79.5 Å². The van der Waals surface area contributed by atoms with Crippen LogP contribution in [0.15, 0.2) is 35.7 Å². The fourth-order valence-corrected chi connectivity index (χ4v) is 4.79. The maximum absolute atomic E-state index is 13.0. The lowest BCUT2D eigenvalue weighted by molar-refractivity contribution is -0.141. The first-order valence-corrected chi connectivity index (χ1v) is 10.3. The number of benzene rings is 1. The van der Waals surface area contributed by atoms with Crippen molar-refractivity contribution in [3.05, 3.63) is 52.0 Å². The van der Waals surface area contributed by atoms with E-state index in [4.69, 9.17) is 5.73 Å². The fraction of sp³-hybridized carbons (Fsp3) is 0.450. The molecule has 0 saturated carbocycles. The second-order valence-electron chi connectivity index (χ2n) is 7.33. The van der Waals surface area contributed by atoms with E-state index in [1.165, 1.54) is 11.3 Å². The van der Waals surface area contributed by atoms with Crippen molar-refractivity contribution < 1.29 is 9.59 Å². The molecule has 6 nitrogen and oxygen atoms in total. The van der Waals surface area contributed by atoms with E-state index in [2.05, 4.69) is 4.98 Å². The Bertz CT molecular complexity index is 838. The maximum atomic E-state index is 13.0. The molecule has 0 unspecified atom stereocenters. The van der Waals surface area contributed by atoms with Crippen LogP contribution in [0, 0.1) is 0 Å². The van der Waals surface area contributed by atoms with Crippen LogP contribution in [0.25, 0.3) is 0 Å². The van der Waals surface area contributed by atoms with Gasteiger partial charge in [-0.2, -0.15) is 0 Å². The highest BCUT2D eigenvalue weighted by molar-refractivity contribution is 7.09. The van der Waals surface area contributed by atoms with Gasteiger partial charge in [-0.05, 0) is 31.7 Å². The van der Waals surface area contributed by atoms with Gasteiger partial charge in [0.1, 0.15) is 16.7 Å². The highest BCUT2D eigenvalue weighted by Gasteiger charge is 2.42. The number of fused-ring (bicyclic) bond motifs is 1. The molecule has 1 aromatic carbocycles. The predicted octanol–water partition coefficient (Wildman–Crippen LogP) is 2.22. The number of hydrogen-bond donors (Lipinski definition) is 1. The Balaban J connectivity index is 1.47. The first-order valence-electron chi connectivity index (χ1n) is 9.41. The number of amides is 2. The van der Waals surface area contributed by atoms with E-state index in [1.807, 2.05) is 42.2 Å². The van der Waals surface area contributed by atoms with Crippen molar-refractivity contribution in [3.63, 3.8) is 0 Å². The van der Waals surface area contributed by atoms with Gasteiger partial charge in [-0.15, -0.1) is 11.3 Å².